The predicted molar refractivity (Wildman–Crippen MR) is 81.0 cm³/mol. The number of anilines is 1. The molecule has 2 rings (SSSR count). The zero-order valence-electron chi connectivity index (χ0n) is 9.27. The number of hydrogen-bond acceptors (Lipinski definition) is 3. The van der Waals surface area contributed by atoms with Crippen molar-refractivity contribution >= 4 is 44.5 Å². The SMILES string of the molecule is CN(Cc1ccccc1Br)c1ncc(I)cn1. The summed E-state index contributed by atoms with van der Waals surface area (Å²) in [4.78, 5) is 10.6. The Morgan fingerprint density at radius 3 is 2.53 bits per heavy atom. The first kappa shape index (κ1) is 12.8. The second kappa shape index (κ2) is 5.77. The van der Waals surface area contributed by atoms with Gasteiger partial charge in [0.05, 0.1) is 0 Å². The van der Waals surface area contributed by atoms with Crippen molar-refractivity contribution in [1.29, 1.82) is 0 Å². The summed E-state index contributed by atoms with van der Waals surface area (Å²) in [5.41, 5.74) is 1.22. The van der Waals surface area contributed by atoms with E-state index in [1.54, 1.807) is 0 Å². The van der Waals surface area contributed by atoms with Crippen LogP contribution in [0.4, 0.5) is 5.95 Å². The lowest BCUT2D eigenvalue weighted by Gasteiger charge is -2.17. The molecule has 0 atom stereocenters. The Morgan fingerprint density at radius 1 is 1.24 bits per heavy atom. The van der Waals surface area contributed by atoms with E-state index in [-0.39, 0.29) is 0 Å². The van der Waals surface area contributed by atoms with Gasteiger partial charge in [-0.15, -0.1) is 0 Å². The second-order valence-corrected chi connectivity index (χ2v) is 5.75. The number of halogens is 2. The Labute approximate surface area is 123 Å². The van der Waals surface area contributed by atoms with Gasteiger partial charge in [-0.1, -0.05) is 34.1 Å². The molecular weight excluding hydrogens is 393 g/mol. The standard InChI is InChI=1S/C12H11BrIN3/c1-17(12-15-6-10(14)7-16-12)8-9-4-2-3-5-11(9)13/h2-7H,8H2,1H3. The minimum Gasteiger partial charge on any atom is -0.340 e. The van der Waals surface area contributed by atoms with Crippen LogP contribution in [-0.2, 0) is 6.54 Å². The van der Waals surface area contributed by atoms with Gasteiger partial charge >= 0.3 is 0 Å². The summed E-state index contributed by atoms with van der Waals surface area (Å²) in [7, 11) is 1.99. The number of hydrogen-bond donors (Lipinski definition) is 0. The molecule has 0 saturated carbocycles. The Balaban J connectivity index is 2.14. The molecule has 5 heteroatoms. The van der Waals surface area contributed by atoms with Crippen molar-refractivity contribution in [2.45, 2.75) is 6.54 Å². The molecule has 88 valence electrons. The fourth-order valence-corrected chi connectivity index (χ4v) is 2.14. The average Bonchev–Trinajstić information content (AvgIpc) is 2.33. The predicted octanol–water partition coefficient (Wildman–Crippen LogP) is 3.48. The van der Waals surface area contributed by atoms with Gasteiger partial charge in [-0.2, -0.15) is 0 Å². The Hall–Kier alpha value is -0.690. The molecule has 0 aliphatic rings. The largest absolute Gasteiger partial charge is 0.340 e. The number of benzene rings is 1. The molecule has 17 heavy (non-hydrogen) atoms. The highest BCUT2D eigenvalue weighted by atomic mass is 127. The monoisotopic (exact) mass is 403 g/mol. The number of rotatable bonds is 3. The quantitative estimate of drug-likeness (QED) is 0.734. The van der Waals surface area contributed by atoms with Crippen LogP contribution in [0.2, 0.25) is 0 Å². The van der Waals surface area contributed by atoms with E-state index in [1.165, 1.54) is 5.56 Å². The average molecular weight is 404 g/mol. The lowest BCUT2D eigenvalue weighted by Crippen LogP contribution is -2.19. The molecular formula is C12H11BrIN3. The molecule has 0 aliphatic carbocycles. The Kier molecular flexibility index (Phi) is 4.33. The van der Waals surface area contributed by atoms with Crippen LogP contribution in [0, 0.1) is 3.57 Å². The Bertz CT molecular complexity index is 501. The number of aromatic nitrogens is 2. The third-order valence-corrected chi connectivity index (χ3v) is 3.64. The van der Waals surface area contributed by atoms with Crippen molar-refractivity contribution in [1.82, 2.24) is 9.97 Å². The first-order valence-electron chi connectivity index (χ1n) is 5.09. The third kappa shape index (κ3) is 3.38. The zero-order valence-corrected chi connectivity index (χ0v) is 13.0. The molecule has 3 nitrogen and oxygen atoms in total. The van der Waals surface area contributed by atoms with Gasteiger partial charge in [0, 0.05) is 34.0 Å². The normalized spacial score (nSPS) is 10.3. The molecule has 1 heterocycles. The number of nitrogens with zero attached hydrogens (tertiary/aromatic N) is 3. The highest BCUT2D eigenvalue weighted by Gasteiger charge is 2.06. The van der Waals surface area contributed by atoms with Gasteiger partial charge in [-0.05, 0) is 34.2 Å². The van der Waals surface area contributed by atoms with Crippen molar-refractivity contribution < 1.29 is 0 Å². The van der Waals surface area contributed by atoms with E-state index in [4.69, 9.17) is 0 Å². The summed E-state index contributed by atoms with van der Waals surface area (Å²) >= 11 is 5.74. The summed E-state index contributed by atoms with van der Waals surface area (Å²) in [5, 5.41) is 0. The molecule has 0 radical (unpaired) electrons. The minimum atomic E-state index is 0.737. The van der Waals surface area contributed by atoms with E-state index in [0.29, 0.717) is 0 Å². The van der Waals surface area contributed by atoms with Crippen LogP contribution in [0.3, 0.4) is 0 Å². The van der Waals surface area contributed by atoms with Crippen LogP contribution < -0.4 is 4.90 Å². The van der Waals surface area contributed by atoms with E-state index in [1.807, 2.05) is 42.5 Å². The van der Waals surface area contributed by atoms with Crippen molar-refractivity contribution in [3.63, 3.8) is 0 Å². The minimum absolute atomic E-state index is 0.737. The van der Waals surface area contributed by atoms with E-state index >= 15 is 0 Å². The van der Waals surface area contributed by atoms with Gasteiger partial charge in [0.2, 0.25) is 5.95 Å². The van der Waals surface area contributed by atoms with Crippen LogP contribution in [0.1, 0.15) is 5.56 Å². The summed E-state index contributed by atoms with van der Waals surface area (Å²) in [6.45, 7) is 0.780. The first-order valence-corrected chi connectivity index (χ1v) is 6.96. The van der Waals surface area contributed by atoms with Crippen molar-refractivity contribution in [3.05, 3.63) is 50.3 Å². The molecule has 1 aromatic heterocycles. The third-order valence-electron chi connectivity index (χ3n) is 2.31. The zero-order chi connectivity index (χ0) is 12.3. The summed E-state index contributed by atoms with van der Waals surface area (Å²) in [5.74, 6) is 0.737. The van der Waals surface area contributed by atoms with E-state index in [9.17, 15) is 0 Å². The fourth-order valence-electron chi connectivity index (χ4n) is 1.46. The van der Waals surface area contributed by atoms with Gasteiger partial charge in [0.15, 0.2) is 0 Å². The van der Waals surface area contributed by atoms with Crippen LogP contribution in [0.15, 0.2) is 41.1 Å². The van der Waals surface area contributed by atoms with Crippen LogP contribution in [-0.4, -0.2) is 17.0 Å². The molecule has 0 N–H and O–H groups in total. The van der Waals surface area contributed by atoms with Crippen LogP contribution >= 0.6 is 38.5 Å². The molecule has 0 bridgehead atoms. The van der Waals surface area contributed by atoms with Crippen LogP contribution in [0.5, 0.6) is 0 Å². The lowest BCUT2D eigenvalue weighted by atomic mass is 10.2. The fraction of sp³-hybridized carbons (Fsp3) is 0.167. The maximum atomic E-state index is 4.30. The second-order valence-electron chi connectivity index (χ2n) is 3.65. The van der Waals surface area contributed by atoms with E-state index < -0.39 is 0 Å². The van der Waals surface area contributed by atoms with Gasteiger partial charge in [0.1, 0.15) is 0 Å². The van der Waals surface area contributed by atoms with E-state index in [0.717, 1.165) is 20.5 Å². The summed E-state index contributed by atoms with van der Waals surface area (Å²) in [6.07, 6.45) is 3.64. The molecule has 0 spiro atoms. The first-order chi connectivity index (χ1) is 8.16. The molecule has 0 saturated heterocycles. The molecule has 0 amide bonds. The van der Waals surface area contributed by atoms with Gasteiger partial charge in [0.25, 0.3) is 0 Å². The van der Waals surface area contributed by atoms with Crippen molar-refractivity contribution in [2.75, 3.05) is 11.9 Å². The summed E-state index contributed by atoms with van der Waals surface area (Å²) in [6, 6.07) is 8.17. The molecule has 0 unspecified atom stereocenters. The van der Waals surface area contributed by atoms with E-state index in [2.05, 4.69) is 54.6 Å². The maximum Gasteiger partial charge on any atom is 0.225 e. The van der Waals surface area contributed by atoms with Crippen molar-refractivity contribution in [2.24, 2.45) is 0 Å². The van der Waals surface area contributed by atoms with Crippen molar-refractivity contribution in [3.8, 4) is 0 Å². The highest BCUT2D eigenvalue weighted by Crippen LogP contribution is 2.19. The van der Waals surface area contributed by atoms with Crippen LogP contribution in [0.25, 0.3) is 0 Å². The molecule has 2 aromatic rings. The smallest absolute Gasteiger partial charge is 0.225 e. The van der Waals surface area contributed by atoms with Gasteiger partial charge in [-0.25, -0.2) is 9.97 Å². The molecule has 0 aliphatic heterocycles. The topological polar surface area (TPSA) is 29.0 Å². The Morgan fingerprint density at radius 2 is 1.88 bits per heavy atom. The van der Waals surface area contributed by atoms with Gasteiger partial charge < -0.3 is 4.90 Å². The maximum absolute atomic E-state index is 4.30. The lowest BCUT2D eigenvalue weighted by molar-refractivity contribution is 0.861. The van der Waals surface area contributed by atoms with Gasteiger partial charge in [-0.3, -0.25) is 0 Å². The summed E-state index contributed by atoms with van der Waals surface area (Å²) < 4.78 is 2.15. The molecule has 1 aromatic carbocycles. The molecule has 0 fully saturated rings. The highest BCUT2D eigenvalue weighted by molar-refractivity contribution is 14.1.